The Bertz CT molecular complexity index is 337. The minimum atomic E-state index is 0. The number of halogens is 4. The molecule has 19 heavy (non-hydrogen) atoms. The van der Waals surface area contributed by atoms with Crippen LogP contribution in [0.25, 0.3) is 0 Å². The van der Waals surface area contributed by atoms with Crippen LogP contribution in [0.15, 0.2) is 24.3 Å². The molecule has 1 aliphatic rings. The van der Waals surface area contributed by atoms with Gasteiger partial charge in [0, 0.05) is 50.2 Å². The van der Waals surface area contributed by atoms with E-state index in [1.165, 1.54) is 5.56 Å². The molecular formula is C13H20Cl4N2. The Hall–Kier alpha value is 0.300. The lowest BCUT2D eigenvalue weighted by Gasteiger charge is -2.34. The highest BCUT2D eigenvalue weighted by Gasteiger charge is 2.15. The highest BCUT2D eigenvalue weighted by Crippen LogP contribution is 2.12. The highest BCUT2D eigenvalue weighted by atomic mass is 35.5. The number of nitrogens with zero attached hydrogens (tertiary/aromatic N) is 2. The average Bonchev–Trinajstić information content (AvgIpc) is 2.35. The molecule has 1 heterocycles. The van der Waals surface area contributed by atoms with Crippen LogP contribution in [0.4, 0.5) is 0 Å². The fourth-order valence-corrected chi connectivity index (χ4v) is 2.50. The van der Waals surface area contributed by atoms with Crippen LogP contribution in [0.5, 0.6) is 0 Å². The van der Waals surface area contributed by atoms with E-state index in [1.807, 2.05) is 12.1 Å². The molecule has 110 valence electrons. The van der Waals surface area contributed by atoms with Crippen molar-refractivity contribution >= 4 is 48.0 Å². The lowest BCUT2D eigenvalue weighted by atomic mass is 10.2. The van der Waals surface area contributed by atoms with Gasteiger partial charge < -0.3 is 0 Å². The molecule has 6 heteroatoms. The van der Waals surface area contributed by atoms with Gasteiger partial charge >= 0.3 is 0 Å². The summed E-state index contributed by atoms with van der Waals surface area (Å²) in [6.45, 7) is 6.53. The van der Waals surface area contributed by atoms with Crippen LogP contribution < -0.4 is 0 Å². The molecule has 1 aromatic rings. The average molecular weight is 346 g/mol. The highest BCUT2D eigenvalue weighted by molar-refractivity contribution is 6.30. The molecule has 1 aliphatic heterocycles. The monoisotopic (exact) mass is 344 g/mol. The van der Waals surface area contributed by atoms with E-state index < -0.39 is 0 Å². The van der Waals surface area contributed by atoms with Gasteiger partial charge in [-0.25, -0.2) is 0 Å². The lowest BCUT2D eigenvalue weighted by Crippen LogP contribution is -2.46. The maximum absolute atomic E-state index is 5.88. The number of rotatable bonds is 4. The Morgan fingerprint density at radius 3 is 1.95 bits per heavy atom. The second-order valence-electron chi connectivity index (χ2n) is 4.43. The second-order valence-corrected chi connectivity index (χ2v) is 5.25. The standard InChI is InChI=1S/C13H18Cl2N2.2ClH/c14-5-6-16-7-9-17(10-8-16)11-12-1-3-13(15)4-2-12;;/h1-4H,5-11H2;2*1H. The summed E-state index contributed by atoms with van der Waals surface area (Å²) in [5.41, 5.74) is 1.33. The molecule has 2 rings (SSSR count). The Labute approximate surface area is 137 Å². The maximum Gasteiger partial charge on any atom is 0.0406 e. The van der Waals surface area contributed by atoms with Gasteiger partial charge in [-0.05, 0) is 17.7 Å². The molecule has 0 radical (unpaired) electrons. The van der Waals surface area contributed by atoms with Crippen LogP contribution >= 0.6 is 48.0 Å². The minimum Gasteiger partial charge on any atom is -0.300 e. The molecule has 0 unspecified atom stereocenters. The maximum atomic E-state index is 5.88. The molecule has 1 fully saturated rings. The van der Waals surface area contributed by atoms with Gasteiger partial charge in [0.15, 0.2) is 0 Å². The Morgan fingerprint density at radius 1 is 0.895 bits per heavy atom. The number of piperazine rings is 1. The van der Waals surface area contributed by atoms with E-state index in [0.717, 1.165) is 50.2 Å². The first-order valence-corrected chi connectivity index (χ1v) is 6.94. The van der Waals surface area contributed by atoms with E-state index in [4.69, 9.17) is 23.2 Å². The summed E-state index contributed by atoms with van der Waals surface area (Å²) < 4.78 is 0. The molecule has 0 bridgehead atoms. The Morgan fingerprint density at radius 2 is 1.42 bits per heavy atom. The zero-order valence-electron chi connectivity index (χ0n) is 10.7. The fourth-order valence-electron chi connectivity index (χ4n) is 2.14. The molecule has 0 N–H and O–H groups in total. The zero-order valence-corrected chi connectivity index (χ0v) is 13.9. The smallest absolute Gasteiger partial charge is 0.0406 e. The van der Waals surface area contributed by atoms with Crippen molar-refractivity contribution in [3.05, 3.63) is 34.9 Å². The van der Waals surface area contributed by atoms with Crippen LogP contribution in [0.1, 0.15) is 5.56 Å². The van der Waals surface area contributed by atoms with Gasteiger partial charge in [0.05, 0.1) is 0 Å². The molecule has 0 amide bonds. The van der Waals surface area contributed by atoms with Crippen molar-refractivity contribution in [3.63, 3.8) is 0 Å². The van der Waals surface area contributed by atoms with E-state index in [1.54, 1.807) is 0 Å². The van der Waals surface area contributed by atoms with Gasteiger partial charge in [-0.3, -0.25) is 9.80 Å². The van der Waals surface area contributed by atoms with Gasteiger partial charge in [0.2, 0.25) is 0 Å². The quantitative estimate of drug-likeness (QED) is 0.770. The minimum absolute atomic E-state index is 0. The van der Waals surface area contributed by atoms with Crippen LogP contribution in [-0.2, 0) is 6.54 Å². The molecule has 2 nitrogen and oxygen atoms in total. The zero-order chi connectivity index (χ0) is 12.1. The van der Waals surface area contributed by atoms with E-state index in [9.17, 15) is 0 Å². The Balaban J connectivity index is 0.00000162. The van der Waals surface area contributed by atoms with E-state index in [0.29, 0.717) is 0 Å². The van der Waals surface area contributed by atoms with Crippen LogP contribution in [0, 0.1) is 0 Å². The molecule has 0 aliphatic carbocycles. The predicted octanol–water partition coefficient (Wildman–Crippen LogP) is 3.54. The fraction of sp³-hybridized carbons (Fsp3) is 0.538. The largest absolute Gasteiger partial charge is 0.300 e. The topological polar surface area (TPSA) is 6.48 Å². The predicted molar refractivity (Wildman–Crippen MR) is 88.4 cm³/mol. The molecule has 1 aromatic carbocycles. The molecule has 1 saturated heterocycles. The van der Waals surface area contributed by atoms with E-state index in [-0.39, 0.29) is 24.8 Å². The third-order valence-corrected chi connectivity index (χ3v) is 3.61. The summed E-state index contributed by atoms with van der Waals surface area (Å²) >= 11 is 11.6. The normalized spacial score (nSPS) is 16.5. The number of alkyl halides is 1. The lowest BCUT2D eigenvalue weighted by molar-refractivity contribution is 0.132. The third-order valence-electron chi connectivity index (χ3n) is 3.19. The summed E-state index contributed by atoms with van der Waals surface area (Å²) in [4.78, 5) is 4.90. The summed E-state index contributed by atoms with van der Waals surface area (Å²) in [6.07, 6.45) is 0. The van der Waals surface area contributed by atoms with Gasteiger partial charge in [-0.1, -0.05) is 23.7 Å². The van der Waals surface area contributed by atoms with Crippen molar-refractivity contribution in [2.24, 2.45) is 0 Å². The first-order valence-electron chi connectivity index (χ1n) is 6.03. The Kier molecular flexibility index (Phi) is 10.2. The molecule has 0 spiro atoms. The number of hydrogen-bond donors (Lipinski definition) is 0. The SMILES string of the molecule is Cl.Cl.ClCCN1CCN(Cc2ccc(Cl)cc2)CC1. The van der Waals surface area contributed by atoms with Gasteiger partial charge in [-0.2, -0.15) is 0 Å². The van der Waals surface area contributed by atoms with Crippen LogP contribution in [0.2, 0.25) is 5.02 Å². The molecular weight excluding hydrogens is 326 g/mol. The summed E-state index contributed by atoms with van der Waals surface area (Å²) in [5.74, 6) is 0.733. The molecule has 0 atom stereocenters. The van der Waals surface area contributed by atoms with Crippen molar-refractivity contribution in [3.8, 4) is 0 Å². The van der Waals surface area contributed by atoms with Gasteiger partial charge in [0.25, 0.3) is 0 Å². The summed E-state index contributed by atoms with van der Waals surface area (Å²) in [5, 5.41) is 0.806. The van der Waals surface area contributed by atoms with Crippen molar-refractivity contribution in [2.75, 3.05) is 38.6 Å². The summed E-state index contributed by atoms with van der Waals surface area (Å²) in [7, 11) is 0. The van der Waals surface area contributed by atoms with Crippen LogP contribution in [0.3, 0.4) is 0 Å². The van der Waals surface area contributed by atoms with Crippen molar-refractivity contribution in [2.45, 2.75) is 6.54 Å². The number of benzene rings is 1. The van der Waals surface area contributed by atoms with Crippen LogP contribution in [-0.4, -0.2) is 48.4 Å². The van der Waals surface area contributed by atoms with Crippen molar-refractivity contribution < 1.29 is 0 Å². The summed E-state index contributed by atoms with van der Waals surface area (Å²) in [6, 6.07) is 8.13. The second kappa shape index (κ2) is 10.1. The van der Waals surface area contributed by atoms with Crippen molar-refractivity contribution in [1.82, 2.24) is 9.80 Å². The van der Waals surface area contributed by atoms with Crippen molar-refractivity contribution in [1.29, 1.82) is 0 Å². The van der Waals surface area contributed by atoms with E-state index >= 15 is 0 Å². The first kappa shape index (κ1) is 19.3. The third kappa shape index (κ3) is 6.52. The first-order chi connectivity index (χ1) is 8.28. The van der Waals surface area contributed by atoms with Gasteiger partial charge in [-0.15, -0.1) is 36.4 Å². The molecule has 0 saturated carbocycles. The molecule has 0 aromatic heterocycles. The van der Waals surface area contributed by atoms with E-state index in [2.05, 4.69) is 21.9 Å². The number of hydrogen-bond acceptors (Lipinski definition) is 2. The van der Waals surface area contributed by atoms with Gasteiger partial charge in [0.1, 0.15) is 0 Å².